The van der Waals surface area contributed by atoms with E-state index in [1.54, 1.807) is 0 Å². The van der Waals surface area contributed by atoms with Crippen molar-refractivity contribution >= 4 is 33.0 Å². The Morgan fingerprint density at radius 3 is 2.26 bits per heavy atom. The molecule has 5 aromatic carbocycles. The van der Waals surface area contributed by atoms with Crippen LogP contribution in [-0.4, -0.2) is 9.55 Å². The molecular weight excluding hydrogens is 416 g/mol. The third-order valence-corrected chi connectivity index (χ3v) is 6.41. The van der Waals surface area contributed by atoms with E-state index in [4.69, 9.17) is 9.40 Å². The van der Waals surface area contributed by atoms with E-state index in [9.17, 15) is 0 Å². The number of fused-ring (bicyclic) bond motifs is 4. The van der Waals surface area contributed by atoms with Crippen LogP contribution in [0.15, 0.2) is 126 Å². The van der Waals surface area contributed by atoms with Crippen molar-refractivity contribution in [3.05, 3.63) is 121 Å². The minimum Gasteiger partial charge on any atom is -0.455 e. The van der Waals surface area contributed by atoms with Crippen molar-refractivity contribution in [2.45, 2.75) is 0 Å². The number of para-hydroxylation sites is 5. The second kappa shape index (κ2) is 7.46. The Morgan fingerprint density at radius 1 is 0.588 bits per heavy atom. The number of furan rings is 1. The number of rotatable bonds is 3. The van der Waals surface area contributed by atoms with Crippen LogP contribution in [-0.2, 0) is 0 Å². The molecule has 0 amide bonds. The third kappa shape index (κ3) is 2.87. The molecule has 34 heavy (non-hydrogen) atoms. The van der Waals surface area contributed by atoms with Gasteiger partial charge >= 0.3 is 0 Å². The number of aromatic nitrogens is 2. The normalized spacial score (nSPS) is 11.5. The van der Waals surface area contributed by atoms with Crippen molar-refractivity contribution < 1.29 is 4.42 Å². The van der Waals surface area contributed by atoms with Crippen LogP contribution in [0.5, 0.6) is 0 Å². The van der Waals surface area contributed by atoms with Crippen LogP contribution in [0.25, 0.3) is 61.2 Å². The van der Waals surface area contributed by atoms with E-state index in [1.165, 1.54) is 0 Å². The van der Waals surface area contributed by atoms with Gasteiger partial charge in [-0.3, -0.25) is 4.57 Å². The predicted molar refractivity (Wildman–Crippen MR) is 139 cm³/mol. The molecule has 160 valence electrons. The number of imidazole rings is 1. The van der Waals surface area contributed by atoms with Gasteiger partial charge in [0, 0.05) is 27.6 Å². The summed E-state index contributed by atoms with van der Waals surface area (Å²) in [6.07, 6.45) is 0. The highest BCUT2D eigenvalue weighted by Gasteiger charge is 2.16. The lowest BCUT2D eigenvalue weighted by Crippen LogP contribution is -1.97. The Balaban J connectivity index is 1.46. The summed E-state index contributed by atoms with van der Waals surface area (Å²) in [6.45, 7) is 0. The SMILES string of the molecule is c1ccc(-n2c(-c3cccc(-c4cccc5c4oc4ccccc45)c3)nc3ccccc32)cc1. The summed E-state index contributed by atoms with van der Waals surface area (Å²) in [4.78, 5) is 5.03. The molecule has 7 aromatic rings. The average molecular weight is 437 g/mol. The minimum atomic E-state index is 0.909. The standard InChI is InChI=1S/C31H20N2O/c1-2-12-23(13-3-1)33-28-18-6-5-17-27(28)32-31(33)22-11-8-10-21(20-22)24-15-9-16-26-25-14-4-7-19-29(25)34-30(24)26/h1-20H. The highest BCUT2D eigenvalue weighted by Crippen LogP contribution is 2.37. The molecule has 0 bridgehead atoms. The minimum absolute atomic E-state index is 0.909. The van der Waals surface area contributed by atoms with Crippen LogP contribution in [0.2, 0.25) is 0 Å². The number of benzene rings is 5. The van der Waals surface area contributed by atoms with Crippen molar-refractivity contribution in [2.75, 3.05) is 0 Å². The third-order valence-electron chi connectivity index (χ3n) is 6.41. The molecule has 0 unspecified atom stereocenters. The topological polar surface area (TPSA) is 31.0 Å². The van der Waals surface area contributed by atoms with Crippen LogP contribution in [0.3, 0.4) is 0 Å². The van der Waals surface area contributed by atoms with E-state index in [2.05, 4.69) is 102 Å². The van der Waals surface area contributed by atoms with Crippen molar-refractivity contribution in [2.24, 2.45) is 0 Å². The summed E-state index contributed by atoms with van der Waals surface area (Å²) in [5.74, 6) is 0.922. The van der Waals surface area contributed by atoms with Crippen LogP contribution in [0.1, 0.15) is 0 Å². The summed E-state index contributed by atoms with van der Waals surface area (Å²) in [5, 5.41) is 2.27. The van der Waals surface area contributed by atoms with Gasteiger partial charge in [-0.05, 0) is 42.0 Å². The van der Waals surface area contributed by atoms with Gasteiger partial charge in [0.15, 0.2) is 0 Å². The Bertz CT molecular complexity index is 1810. The van der Waals surface area contributed by atoms with Crippen molar-refractivity contribution in [3.8, 4) is 28.2 Å². The average Bonchev–Trinajstić information content (AvgIpc) is 3.48. The fraction of sp³-hybridized carbons (Fsp3) is 0. The molecule has 3 nitrogen and oxygen atoms in total. The van der Waals surface area contributed by atoms with Crippen molar-refractivity contribution in [1.29, 1.82) is 0 Å². The van der Waals surface area contributed by atoms with Gasteiger partial charge in [0.2, 0.25) is 0 Å². The predicted octanol–water partition coefficient (Wildman–Crippen LogP) is 8.26. The summed E-state index contributed by atoms with van der Waals surface area (Å²) in [5.41, 5.74) is 8.23. The Labute approximate surface area is 196 Å². The first kappa shape index (κ1) is 18.9. The molecule has 0 aliphatic carbocycles. The highest BCUT2D eigenvalue weighted by atomic mass is 16.3. The van der Waals surface area contributed by atoms with Crippen LogP contribution in [0, 0.1) is 0 Å². The Hall–Kier alpha value is -4.63. The molecule has 0 spiro atoms. The summed E-state index contributed by atoms with van der Waals surface area (Å²) >= 11 is 0. The van der Waals surface area contributed by atoms with Gasteiger partial charge in [-0.1, -0.05) is 84.9 Å². The molecule has 0 fully saturated rings. The molecule has 0 saturated heterocycles. The summed E-state index contributed by atoms with van der Waals surface area (Å²) in [7, 11) is 0. The lowest BCUT2D eigenvalue weighted by molar-refractivity contribution is 0.670. The zero-order chi connectivity index (χ0) is 22.5. The zero-order valence-corrected chi connectivity index (χ0v) is 18.3. The molecule has 0 N–H and O–H groups in total. The zero-order valence-electron chi connectivity index (χ0n) is 18.3. The smallest absolute Gasteiger partial charge is 0.145 e. The molecule has 0 atom stereocenters. The Kier molecular flexibility index (Phi) is 4.15. The quantitative estimate of drug-likeness (QED) is 0.279. The molecule has 3 heteroatoms. The molecule has 0 aliphatic rings. The highest BCUT2D eigenvalue weighted by molar-refractivity contribution is 6.09. The van der Waals surface area contributed by atoms with Gasteiger partial charge in [-0.2, -0.15) is 0 Å². The summed E-state index contributed by atoms with van der Waals surface area (Å²) in [6, 6.07) is 41.8. The lowest BCUT2D eigenvalue weighted by Gasteiger charge is -2.11. The molecule has 0 radical (unpaired) electrons. The Morgan fingerprint density at radius 2 is 1.32 bits per heavy atom. The van der Waals surface area contributed by atoms with Crippen LogP contribution >= 0.6 is 0 Å². The van der Waals surface area contributed by atoms with E-state index < -0.39 is 0 Å². The molecule has 0 aliphatic heterocycles. The summed E-state index contributed by atoms with van der Waals surface area (Å²) < 4.78 is 8.54. The van der Waals surface area contributed by atoms with E-state index in [0.717, 1.165) is 61.2 Å². The second-order valence-electron chi connectivity index (χ2n) is 8.46. The maximum Gasteiger partial charge on any atom is 0.145 e. The van der Waals surface area contributed by atoms with E-state index in [1.807, 2.05) is 24.3 Å². The fourth-order valence-electron chi connectivity index (χ4n) is 4.86. The number of nitrogens with zero attached hydrogens (tertiary/aromatic N) is 2. The molecule has 0 saturated carbocycles. The van der Waals surface area contributed by atoms with E-state index in [0.29, 0.717) is 0 Å². The number of hydrogen-bond acceptors (Lipinski definition) is 2. The van der Waals surface area contributed by atoms with Gasteiger partial charge < -0.3 is 4.42 Å². The van der Waals surface area contributed by atoms with Gasteiger partial charge in [-0.15, -0.1) is 0 Å². The fourth-order valence-corrected chi connectivity index (χ4v) is 4.86. The van der Waals surface area contributed by atoms with Crippen LogP contribution in [0.4, 0.5) is 0 Å². The van der Waals surface area contributed by atoms with Crippen LogP contribution < -0.4 is 0 Å². The van der Waals surface area contributed by atoms with Gasteiger partial charge in [0.25, 0.3) is 0 Å². The van der Waals surface area contributed by atoms with Crippen molar-refractivity contribution in [1.82, 2.24) is 9.55 Å². The van der Waals surface area contributed by atoms with Gasteiger partial charge in [-0.25, -0.2) is 4.98 Å². The second-order valence-corrected chi connectivity index (χ2v) is 8.46. The van der Waals surface area contributed by atoms with E-state index in [-0.39, 0.29) is 0 Å². The van der Waals surface area contributed by atoms with Crippen molar-refractivity contribution in [3.63, 3.8) is 0 Å². The largest absolute Gasteiger partial charge is 0.455 e. The monoisotopic (exact) mass is 436 g/mol. The first-order chi connectivity index (χ1) is 16.9. The van der Waals surface area contributed by atoms with Gasteiger partial charge in [0.05, 0.1) is 11.0 Å². The van der Waals surface area contributed by atoms with Gasteiger partial charge in [0.1, 0.15) is 17.0 Å². The molecule has 2 aromatic heterocycles. The van der Waals surface area contributed by atoms with E-state index >= 15 is 0 Å². The number of hydrogen-bond donors (Lipinski definition) is 0. The first-order valence-corrected chi connectivity index (χ1v) is 11.4. The molecule has 7 rings (SSSR count). The maximum absolute atomic E-state index is 6.30. The molecule has 2 heterocycles. The lowest BCUT2D eigenvalue weighted by atomic mass is 10.00. The molecular formula is C31H20N2O. The maximum atomic E-state index is 6.30. The first-order valence-electron chi connectivity index (χ1n) is 11.4.